The van der Waals surface area contributed by atoms with E-state index in [4.69, 9.17) is 0 Å². The Hall–Kier alpha value is -2.67. The van der Waals surface area contributed by atoms with Crippen molar-refractivity contribution in [3.8, 4) is 0 Å². The van der Waals surface area contributed by atoms with Crippen molar-refractivity contribution in [2.24, 2.45) is 5.10 Å². The molecule has 0 saturated carbocycles. The number of benzene rings is 2. The van der Waals surface area contributed by atoms with Crippen LogP contribution < -0.4 is 4.72 Å². The number of carbonyl (C=O) groups is 1. The number of hydrogen-bond acceptors (Lipinski definition) is 4. The van der Waals surface area contributed by atoms with Crippen LogP contribution in [0.2, 0.25) is 0 Å². The van der Waals surface area contributed by atoms with Crippen LogP contribution in [0.4, 0.5) is 5.69 Å². The van der Waals surface area contributed by atoms with Crippen LogP contribution in [0.15, 0.2) is 59.7 Å². The average molecular weight is 371 g/mol. The van der Waals surface area contributed by atoms with E-state index < -0.39 is 10.0 Å². The topological polar surface area (TPSA) is 78.8 Å². The number of sulfonamides is 1. The third-order valence-corrected chi connectivity index (χ3v) is 5.57. The van der Waals surface area contributed by atoms with Crippen molar-refractivity contribution in [1.29, 1.82) is 0 Å². The maximum atomic E-state index is 12.0. The van der Waals surface area contributed by atoms with Gasteiger partial charge in [-0.25, -0.2) is 13.4 Å². The minimum absolute atomic E-state index is 0.00632. The second-order valence-corrected chi connectivity index (χ2v) is 8.14. The van der Waals surface area contributed by atoms with Crippen LogP contribution in [0.3, 0.4) is 0 Å². The fourth-order valence-electron chi connectivity index (χ4n) is 2.92. The van der Waals surface area contributed by atoms with Crippen molar-refractivity contribution in [3.05, 3.63) is 65.7 Å². The first kappa shape index (κ1) is 18.1. The Morgan fingerprint density at radius 3 is 2.58 bits per heavy atom. The first-order chi connectivity index (χ1) is 12.4. The Morgan fingerprint density at radius 2 is 1.92 bits per heavy atom. The molecule has 1 aliphatic heterocycles. The SMILES string of the molecule is CCS(=O)(=O)Nc1cccc(C2=NN(C(C)=O)[C@@H](c3ccccc3)C2)c1. The van der Waals surface area contributed by atoms with Crippen LogP contribution in [0.5, 0.6) is 0 Å². The van der Waals surface area contributed by atoms with E-state index in [0.29, 0.717) is 12.1 Å². The number of hydrazone groups is 1. The van der Waals surface area contributed by atoms with Crippen molar-refractivity contribution in [1.82, 2.24) is 5.01 Å². The van der Waals surface area contributed by atoms with Gasteiger partial charge in [-0.15, -0.1) is 0 Å². The molecule has 3 rings (SSSR count). The maximum absolute atomic E-state index is 12.0. The van der Waals surface area contributed by atoms with E-state index in [1.54, 1.807) is 25.1 Å². The number of rotatable bonds is 5. The molecule has 0 aliphatic carbocycles. The molecule has 0 bridgehead atoms. The molecule has 1 N–H and O–H groups in total. The molecule has 6 nitrogen and oxygen atoms in total. The molecule has 0 radical (unpaired) electrons. The molecule has 0 unspecified atom stereocenters. The van der Waals surface area contributed by atoms with Crippen molar-refractivity contribution >= 4 is 27.3 Å². The summed E-state index contributed by atoms with van der Waals surface area (Å²) in [6.45, 7) is 3.08. The van der Waals surface area contributed by atoms with Crippen molar-refractivity contribution in [2.45, 2.75) is 26.3 Å². The molecule has 26 heavy (non-hydrogen) atoms. The molecule has 7 heteroatoms. The van der Waals surface area contributed by atoms with Crippen molar-refractivity contribution in [3.63, 3.8) is 0 Å². The lowest BCUT2D eigenvalue weighted by molar-refractivity contribution is -0.130. The number of anilines is 1. The maximum Gasteiger partial charge on any atom is 0.240 e. The minimum Gasteiger partial charge on any atom is -0.284 e. The van der Waals surface area contributed by atoms with Crippen LogP contribution in [0.25, 0.3) is 0 Å². The highest BCUT2D eigenvalue weighted by Crippen LogP contribution is 2.33. The summed E-state index contributed by atoms with van der Waals surface area (Å²) in [5.41, 5.74) is 3.06. The molecule has 0 fully saturated rings. The average Bonchev–Trinajstić information content (AvgIpc) is 3.08. The van der Waals surface area contributed by atoms with Gasteiger partial charge in [0.15, 0.2) is 0 Å². The Bertz CT molecular complexity index is 940. The molecular weight excluding hydrogens is 350 g/mol. The van der Waals surface area contributed by atoms with E-state index in [0.717, 1.165) is 16.8 Å². The number of amides is 1. The molecule has 1 heterocycles. The predicted molar refractivity (Wildman–Crippen MR) is 102 cm³/mol. The second kappa shape index (κ2) is 7.29. The van der Waals surface area contributed by atoms with Gasteiger partial charge in [0.25, 0.3) is 0 Å². The van der Waals surface area contributed by atoms with E-state index in [9.17, 15) is 13.2 Å². The normalized spacial score (nSPS) is 17.1. The van der Waals surface area contributed by atoms with Crippen LogP contribution >= 0.6 is 0 Å². The molecule has 1 atom stereocenters. The van der Waals surface area contributed by atoms with Gasteiger partial charge < -0.3 is 0 Å². The number of nitrogens with zero attached hydrogens (tertiary/aromatic N) is 2. The summed E-state index contributed by atoms with van der Waals surface area (Å²) in [6.07, 6.45) is 0.577. The summed E-state index contributed by atoms with van der Waals surface area (Å²) < 4.78 is 26.1. The summed E-state index contributed by atoms with van der Waals surface area (Å²) in [6, 6.07) is 16.7. The highest BCUT2D eigenvalue weighted by atomic mass is 32.2. The zero-order valence-corrected chi connectivity index (χ0v) is 15.5. The van der Waals surface area contributed by atoms with Gasteiger partial charge in [0.2, 0.25) is 15.9 Å². The summed E-state index contributed by atoms with van der Waals surface area (Å²) >= 11 is 0. The largest absolute Gasteiger partial charge is 0.284 e. The Balaban J connectivity index is 1.90. The quantitative estimate of drug-likeness (QED) is 0.877. The van der Waals surface area contributed by atoms with Crippen LogP contribution in [-0.2, 0) is 14.8 Å². The van der Waals surface area contributed by atoms with Crippen LogP contribution in [0, 0.1) is 0 Å². The second-order valence-electron chi connectivity index (χ2n) is 6.13. The van der Waals surface area contributed by atoms with E-state index in [1.165, 1.54) is 11.9 Å². The highest BCUT2D eigenvalue weighted by molar-refractivity contribution is 7.92. The van der Waals surface area contributed by atoms with Gasteiger partial charge >= 0.3 is 0 Å². The van der Waals surface area contributed by atoms with Gasteiger partial charge in [0.05, 0.1) is 17.5 Å². The molecule has 136 valence electrons. The Morgan fingerprint density at radius 1 is 1.19 bits per heavy atom. The molecule has 1 aliphatic rings. The third-order valence-electron chi connectivity index (χ3n) is 4.27. The van der Waals surface area contributed by atoms with Gasteiger partial charge in [-0.2, -0.15) is 5.10 Å². The third kappa shape index (κ3) is 3.94. The fourth-order valence-corrected chi connectivity index (χ4v) is 3.55. The highest BCUT2D eigenvalue weighted by Gasteiger charge is 2.31. The van der Waals surface area contributed by atoms with Crippen molar-refractivity contribution in [2.75, 3.05) is 10.5 Å². The molecular formula is C19H21N3O3S. The summed E-state index contributed by atoms with van der Waals surface area (Å²) in [4.78, 5) is 12.0. The first-order valence-electron chi connectivity index (χ1n) is 8.43. The first-order valence-corrected chi connectivity index (χ1v) is 10.1. The van der Waals surface area contributed by atoms with E-state index in [1.807, 2.05) is 36.4 Å². The standard InChI is InChI=1S/C19H21N3O3S/c1-3-26(24,25)21-17-11-7-10-16(12-17)18-13-19(22(20-18)14(2)23)15-8-5-4-6-9-15/h4-12,19,21H,3,13H2,1-2H3/t19-/m1/s1. The van der Waals surface area contributed by atoms with Gasteiger partial charge in [-0.3, -0.25) is 9.52 Å². The summed E-state index contributed by atoms with van der Waals surface area (Å²) in [5.74, 6) is -0.122. The summed E-state index contributed by atoms with van der Waals surface area (Å²) in [7, 11) is -3.35. The van der Waals surface area contributed by atoms with Gasteiger partial charge in [-0.1, -0.05) is 42.5 Å². The zero-order chi connectivity index (χ0) is 18.7. The molecule has 0 saturated heterocycles. The lowest BCUT2D eigenvalue weighted by atomic mass is 9.98. The van der Waals surface area contributed by atoms with Gasteiger partial charge in [0, 0.05) is 19.0 Å². The van der Waals surface area contributed by atoms with Crippen LogP contribution in [-0.4, -0.2) is 30.8 Å². The molecule has 1 amide bonds. The van der Waals surface area contributed by atoms with Gasteiger partial charge in [0.1, 0.15) is 0 Å². The molecule has 2 aromatic carbocycles. The van der Waals surface area contributed by atoms with E-state index in [2.05, 4.69) is 9.82 Å². The smallest absolute Gasteiger partial charge is 0.240 e. The number of carbonyl (C=O) groups excluding carboxylic acids is 1. The zero-order valence-electron chi connectivity index (χ0n) is 14.7. The van der Waals surface area contributed by atoms with E-state index >= 15 is 0 Å². The monoisotopic (exact) mass is 371 g/mol. The fraction of sp³-hybridized carbons (Fsp3) is 0.263. The lowest BCUT2D eigenvalue weighted by Crippen LogP contribution is -2.24. The number of hydrogen-bond donors (Lipinski definition) is 1. The molecule has 0 aromatic heterocycles. The summed E-state index contributed by atoms with van der Waals surface area (Å²) in [5, 5.41) is 5.99. The number of nitrogens with one attached hydrogen (secondary N) is 1. The predicted octanol–water partition coefficient (Wildman–Crippen LogP) is 3.15. The lowest BCUT2D eigenvalue weighted by Gasteiger charge is -2.20. The molecule has 0 spiro atoms. The Labute approximate surface area is 153 Å². The van der Waals surface area contributed by atoms with E-state index in [-0.39, 0.29) is 17.7 Å². The van der Waals surface area contributed by atoms with Gasteiger partial charge in [-0.05, 0) is 30.2 Å². The minimum atomic E-state index is -3.35. The molecule has 2 aromatic rings. The van der Waals surface area contributed by atoms with Crippen LogP contribution in [0.1, 0.15) is 37.4 Å². The van der Waals surface area contributed by atoms with Crippen molar-refractivity contribution < 1.29 is 13.2 Å². The Kier molecular flexibility index (Phi) is 5.08.